The number of methoxy groups -OCH3 is 1. The van der Waals surface area contributed by atoms with Crippen LogP contribution in [0.15, 0.2) is 42.5 Å². The van der Waals surface area contributed by atoms with Crippen LogP contribution in [0.25, 0.3) is 11.1 Å². The van der Waals surface area contributed by atoms with Crippen LogP contribution in [0.4, 0.5) is 5.69 Å². The summed E-state index contributed by atoms with van der Waals surface area (Å²) in [6, 6.07) is 13.7. The molecule has 0 saturated carbocycles. The topological polar surface area (TPSA) is 52.3 Å². The van der Waals surface area contributed by atoms with Gasteiger partial charge < -0.3 is 10.5 Å². The summed E-state index contributed by atoms with van der Waals surface area (Å²) in [4.78, 5) is 11.2. The second-order valence-electron chi connectivity index (χ2n) is 4.52. The molecule has 2 aromatic carbocycles. The minimum atomic E-state index is -0.229. The van der Waals surface area contributed by atoms with E-state index in [1.54, 1.807) is 0 Å². The molecule has 0 radical (unpaired) electrons. The predicted molar refractivity (Wildman–Crippen MR) is 76.7 cm³/mol. The Hall–Kier alpha value is -2.29. The molecule has 2 aromatic rings. The average Bonchev–Trinajstić information content (AvgIpc) is 2.42. The van der Waals surface area contributed by atoms with Gasteiger partial charge in [0.15, 0.2) is 0 Å². The van der Waals surface area contributed by atoms with Gasteiger partial charge in [-0.05, 0) is 41.3 Å². The Balaban J connectivity index is 2.27. The molecule has 0 amide bonds. The first-order valence-corrected chi connectivity index (χ1v) is 6.12. The summed E-state index contributed by atoms with van der Waals surface area (Å²) in [6.07, 6.45) is 0.298. The monoisotopic (exact) mass is 255 g/mol. The summed E-state index contributed by atoms with van der Waals surface area (Å²) in [5, 5.41) is 0. The number of anilines is 1. The van der Waals surface area contributed by atoms with E-state index in [4.69, 9.17) is 5.73 Å². The van der Waals surface area contributed by atoms with Crippen molar-refractivity contribution in [3.8, 4) is 11.1 Å². The fourth-order valence-electron chi connectivity index (χ4n) is 1.99. The number of hydrogen-bond donors (Lipinski definition) is 1. The van der Waals surface area contributed by atoms with Crippen LogP contribution in [0, 0.1) is 6.92 Å². The zero-order chi connectivity index (χ0) is 13.8. The van der Waals surface area contributed by atoms with Crippen molar-refractivity contribution >= 4 is 11.7 Å². The first-order valence-electron chi connectivity index (χ1n) is 6.12. The van der Waals surface area contributed by atoms with Crippen molar-refractivity contribution in [2.45, 2.75) is 13.3 Å². The molecule has 0 fully saturated rings. The Morgan fingerprint density at radius 3 is 2.47 bits per heavy atom. The van der Waals surface area contributed by atoms with Crippen LogP contribution in [0.1, 0.15) is 11.1 Å². The van der Waals surface area contributed by atoms with Gasteiger partial charge in [0, 0.05) is 5.69 Å². The fourth-order valence-corrected chi connectivity index (χ4v) is 1.99. The molecule has 0 unspecified atom stereocenters. The zero-order valence-corrected chi connectivity index (χ0v) is 11.1. The van der Waals surface area contributed by atoms with E-state index >= 15 is 0 Å². The number of nitrogen functional groups attached to an aromatic ring is 1. The van der Waals surface area contributed by atoms with Crippen molar-refractivity contribution in [1.82, 2.24) is 0 Å². The lowest BCUT2D eigenvalue weighted by Crippen LogP contribution is -2.04. The zero-order valence-electron chi connectivity index (χ0n) is 11.1. The second-order valence-corrected chi connectivity index (χ2v) is 4.52. The number of aryl methyl sites for hydroxylation is 1. The lowest BCUT2D eigenvalue weighted by molar-refractivity contribution is -0.139. The van der Waals surface area contributed by atoms with Crippen molar-refractivity contribution in [2.24, 2.45) is 0 Å². The molecule has 0 spiro atoms. The van der Waals surface area contributed by atoms with Gasteiger partial charge in [-0.1, -0.05) is 30.3 Å². The van der Waals surface area contributed by atoms with E-state index in [2.05, 4.69) is 11.7 Å². The van der Waals surface area contributed by atoms with Crippen LogP contribution in [0.3, 0.4) is 0 Å². The van der Waals surface area contributed by atoms with Gasteiger partial charge in [-0.3, -0.25) is 4.79 Å². The Labute approximate surface area is 113 Å². The summed E-state index contributed by atoms with van der Waals surface area (Å²) in [5.41, 5.74) is 10.9. The highest BCUT2D eigenvalue weighted by atomic mass is 16.5. The molecule has 3 heteroatoms. The van der Waals surface area contributed by atoms with E-state index in [0.29, 0.717) is 6.42 Å². The molecule has 0 aromatic heterocycles. The number of carbonyl (C=O) groups is 1. The van der Waals surface area contributed by atoms with E-state index in [1.165, 1.54) is 12.7 Å². The molecule has 3 nitrogen and oxygen atoms in total. The summed E-state index contributed by atoms with van der Waals surface area (Å²) in [7, 11) is 1.40. The van der Waals surface area contributed by atoms with E-state index in [1.807, 2.05) is 42.5 Å². The summed E-state index contributed by atoms with van der Waals surface area (Å²) >= 11 is 0. The summed E-state index contributed by atoms with van der Waals surface area (Å²) in [5.74, 6) is -0.229. The van der Waals surface area contributed by atoms with Crippen LogP contribution < -0.4 is 5.73 Å². The minimum Gasteiger partial charge on any atom is -0.469 e. The number of ether oxygens (including phenoxy) is 1. The third kappa shape index (κ3) is 3.13. The van der Waals surface area contributed by atoms with Crippen molar-refractivity contribution < 1.29 is 9.53 Å². The first-order chi connectivity index (χ1) is 9.10. The molecule has 98 valence electrons. The number of nitrogens with two attached hydrogens (primary N) is 1. The first kappa shape index (κ1) is 13.1. The molecular formula is C16H17NO2. The Bertz CT molecular complexity index is 588. The molecule has 0 aliphatic heterocycles. The predicted octanol–water partition coefficient (Wildman–Crippen LogP) is 2.96. The van der Waals surface area contributed by atoms with Crippen LogP contribution in [0.2, 0.25) is 0 Å². The molecule has 2 N–H and O–H groups in total. The number of hydrogen-bond acceptors (Lipinski definition) is 3. The fraction of sp³-hybridized carbons (Fsp3) is 0.188. The molecule has 0 saturated heterocycles. The Morgan fingerprint density at radius 1 is 1.16 bits per heavy atom. The maximum Gasteiger partial charge on any atom is 0.309 e. The van der Waals surface area contributed by atoms with Crippen LogP contribution in [-0.4, -0.2) is 13.1 Å². The van der Waals surface area contributed by atoms with Gasteiger partial charge in [0.05, 0.1) is 13.5 Å². The van der Waals surface area contributed by atoms with Gasteiger partial charge >= 0.3 is 5.97 Å². The molecular weight excluding hydrogens is 238 g/mol. The molecule has 0 aliphatic rings. The molecule has 0 atom stereocenters. The van der Waals surface area contributed by atoms with Gasteiger partial charge in [-0.25, -0.2) is 0 Å². The minimum absolute atomic E-state index is 0.229. The smallest absolute Gasteiger partial charge is 0.309 e. The van der Waals surface area contributed by atoms with Gasteiger partial charge in [-0.2, -0.15) is 0 Å². The van der Waals surface area contributed by atoms with Gasteiger partial charge in [-0.15, -0.1) is 0 Å². The quantitative estimate of drug-likeness (QED) is 0.677. The molecule has 0 aliphatic carbocycles. The standard InChI is InChI=1S/C16H17NO2/c1-11-3-8-14(17)10-15(11)13-6-4-12(5-7-13)9-16(18)19-2/h3-8,10H,9,17H2,1-2H3. The van der Waals surface area contributed by atoms with Crippen molar-refractivity contribution in [3.63, 3.8) is 0 Å². The average molecular weight is 255 g/mol. The van der Waals surface area contributed by atoms with Crippen molar-refractivity contribution in [3.05, 3.63) is 53.6 Å². The summed E-state index contributed by atoms with van der Waals surface area (Å²) < 4.78 is 4.65. The van der Waals surface area contributed by atoms with E-state index in [9.17, 15) is 4.79 Å². The van der Waals surface area contributed by atoms with E-state index in [-0.39, 0.29) is 5.97 Å². The number of carbonyl (C=O) groups excluding carboxylic acids is 1. The number of benzene rings is 2. The molecule has 19 heavy (non-hydrogen) atoms. The van der Waals surface area contributed by atoms with E-state index < -0.39 is 0 Å². The molecule has 2 rings (SSSR count). The van der Waals surface area contributed by atoms with Gasteiger partial charge in [0.2, 0.25) is 0 Å². The highest BCUT2D eigenvalue weighted by Crippen LogP contribution is 2.25. The third-order valence-electron chi connectivity index (χ3n) is 3.10. The van der Waals surface area contributed by atoms with Gasteiger partial charge in [0.25, 0.3) is 0 Å². The lowest BCUT2D eigenvalue weighted by atomic mass is 9.98. The molecule has 0 bridgehead atoms. The Morgan fingerprint density at radius 2 is 1.84 bits per heavy atom. The largest absolute Gasteiger partial charge is 0.469 e. The third-order valence-corrected chi connectivity index (χ3v) is 3.10. The van der Waals surface area contributed by atoms with Crippen LogP contribution >= 0.6 is 0 Å². The highest BCUT2D eigenvalue weighted by Gasteiger charge is 2.05. The van der Waals surface area contributed by atoms with Crippen molar-refractivity contribution in [1.29, 1.82) is 0 Å². The summed E-state index contributed by atoms with van der Waals surface area (Å²) in [6.45, 7) is 2.05. The maximum atomic E-state index is 11.2. The normalized spacial score (nSPS) is 10.2. The van der Waals surface area contributed by atoms with Gasteiger partial charge in [0.1, 0.15) is 0 Å². The highest BCUT2D eigenvalue weighted by molar-refractivity contribution is 5.74. The SMILES string of the molecule is COC(=O)Cc1ccc(-c2cc(N)ccc2C)cc1. The van der Waals surface area contributed by atoms with E-state index in [0.717, 1.165) is 22.4 Å². The lowest BCUT2D eigenvalue weighted by Gasteiger charge is -2.08. The number of esters is 1. The van der Waals surface area contributed by atoms with Crippen LogP contribution in [0.5, 0.6) is 0 Å². The number of rotatable bonds is 3. The Kier molecular flexibility index (Phi) is 3.85. The van der Waals surface area contributed by atoms with Crippen molar-refractivity contribution in [2.75, 3.05) is 12.8 Å². The maximum absolute atomic E-state index is 11.2. The van der Waals surface area contributed by atoms with Crippen LogP contribution in [-0.2, 0) is 16.0 Å². The second kappa shape index (κ2) is 5.57. The molecule has 0 heterocycles.